The third-order valence-electron chi connectivity index (χ3n) is 8.66. The number of aryl methyl sites for hydroxylation is 2. The number of aliphatic hydroxyl groups excluding tert-OH is 1. The quantitative estimate of drug-likeness (QED) is 0.210. The van der Waals surface area contributed by atoms with Crippen LogP contribution in [0.15, 0.2) is 115 Å². The number of carbonyl (C=O) groups is 1. The van der Waals surface area contributed by atoms with E-state index in [2.05, 4.69) is 85.7 Å². The first-order chi connectivity index (χ1) is 19.8. The van der Waals surface area contributed by atoms with E-state index in [4.69, 9.17) is 0 Å². The van der Waals surface area contributed by atoms with E-state index < -0.39 is 5.92 Å². The Morgan fingerprint density at radius 1 is 0.854 bits per heavy atom. The lowest BCUT2D eigenvalue weighted by atomic mass is 9.66. The van der Waals surface area contributed by atoms with Crippen LogP contribution in [0.2, 0.25) is 0 Å². The number of hydrogen-bond donors (Lipinski definition) is 1. The Morgan fingerprint density at radius 2 is 1.44 bits per heavy atom. The summed E-state index contributed by atoms with van der Waals surface area (Å²) in [5, 5.41) is 12.7. The summed E-state index contributed by atoms with van der Waals surface area (Å²) in [4.78, 5) is 14.1. The summed E-state index contributed by atoms with van der Waals surface area (Å²) in [6.07, 6.45) is 0. The van der Waals surface area contributed by atoms with Gasteiger partial charge < -0.3 is 9.67 Å². The van der Waals surface area contributed by atoms with Crippen LogP contribution in [0, 0.1) is 19.8 Å². The SMILES string of the molecule is C=C(C)C(c1cc(-c2ccccc2)ccc1C)C1C(=O)C(c2c(C)n(CC)c3ccc(-c4ccccc4)cc23)=C1O. The first kappa shape index (κ1) is 26.6. The van der Waals surface area contributed by atoms with Gasteiger partial charge in [-0.1, -0.05) is 97.1 Å². The minimum atomic E-state index is -0.649. The second kappa shape index (κ2) is 10.4. The van der Waals surface area contributed by atoms with Crippen molar-refractivity contribution in [1.29, 1.82) is 0 Å². The third-order valence-corrected chi connectivity index (χ3v) is 8.66. The number of Topliss-reactive ketones (excluding diaryl/α,β-unsaturated/α-hetero) is 1. The third kappa shape index (κ3) is 4.33. The van der Waals surface area contributed by atoms with Gasteiger partial charge in [-0.3, -0.25) is 4.79 Å². The number of aliphatic hydroxyl groups is 1. The highest BCUT2D eigenvalue weighted by Crippen LogP contribution is 2.50. The number of rotatable bonds is 7. The molecule has 0 saturated heterocycles. The summed E-state index contributed by atoms with van der Waals surface area (Å²) in [5.74, 6) is -0.821. The lowest BCUT2D eigenvalue weighted by Crippen LogP contribution is -2.36. The van der Waals surface area contributed by atoms with E-state index >= 15 is 0 Å². The molecule has 0 bridgehead atoms. The van der Waals surface area contributed by atoms with Crippen LogP contribution in [0.25, 0.3) is 38.7 Å². The van der Waals surface area contributed by atoms with E-state index in [1.165, 1.54) is 0 Å². The minimum absolute atomic E-state index is 0.0246. The van der Waals surface area contributed by atoms with E-state index in [1.54, 1.807) is 0 Å². The lowest BCUT2D eigenvalue weighted by molar-refractivity contribution is -0.119. The molecule has 1 heterocycles. The van der Waals surface area contributed by atoms with Crippen molar-refractivity contribution in [2.75, 3.05) is 0 Å². The molecule has 2 unspecified atom stereocenters. The van der Waals surface area contributed by atoms with Gasteiger partial charge in [-0.2, -0.15) is 0 Å². The highest BCUT2D eigenvalue weighted by Gasteiger charge is 2.47. The van der Waals surface area contributed by atoms with Crippen molar-refractivity contribution in [3.05, 3.63) is 137 Å². The molecule has 2 atom stereocenters. The number of carbonyl (C=O) groups excluding carboxylic acids is 1. The molecule has 41 heavy (non-hydrogen) atoms. The number of nitrogens with zero attached hydrogens (tertiary/aromatic N) is 1. The van der Waals surface area contributed by atoms with E-state index in [9.17, 15) is 9.90 Å². The maximum Gasteiger partial charge on any atom is 0.178 e. The van der Waals surface area contributed by atoms with Gasteiger partial charge in [0.15, 0.2) is 5.78 Å². The fraction of sp³-hybridized carbons (Fsp3) is 0.184. The predicted molar refractivity (Wildman–Crippen MR) is 170 cm³/mol. The standard InChI is InChI=1S/C38H35NO2/c1-6-39-25(5)34(31-22-29(19-20-32(31)39)27-15-11-8-12-16-27)36-37(40)35(38(36)41)33(23(2)3)30-21-28(18-17-24(30)4)26-13-9-7-10-14-26/h7-22,33,35,40H,2,6H2,1,3-5H3. The number of aromatic nitrogens is 1. The highest BCUT2D eigenvalue weighted by molar-refractivity contribution is 6.32. The van der Waals surface area contributed by atoms with Crippen molar-refractivity contribution < 1.29 is 9.90 Å². The van der Waals surface area contributed by atoms with E-state index in [0.717, 1.165) is 67.7 Å². The van der Waals surface area contributed by atoms with Gasteiger partial charge >= 0.3 is 0 Å². The van der Waals surface area contributed by atoms with Crippen LogP contribution in [-0.4, -0.2) is 15.5 Å². The Hall–Kier alpha value is -4.63. The number of fused-ring (bicyclic) bond motifs is 1. The van der Waals surface area contributed by atoms with Crippen LogP contribution >= 0.6 is 0 Å². The zero-order valence-electron chi connectivity index (χ0n) is 24.1. The number of ketones is 1. The van der Waals surface area contributed by atoms with Gasteiger partial charge in [-0.15, -0.1) is 0 Å². The Kier molecular flexibility index (Phi) is 6.75. The molecule has 0 amide bonds. The van der Waals surface area contributed by atoms with Crippen LogP contribution in [0.3, 0.4) is 0 Å². The monoisotopic (exact) mass is 537 g/mol. The fourth-order valence-corrected chi connectivity index (χ4v) is 6.57. The Morgan fingerprint density at radius 3 is 2.00 bits per heavy atom. The first-order valence-electron chi connectivity index (χ1n) is 14.3. The van der Waals surface area contributed by atoms with E-state index in [-0.39, 0.29) is 17.5 Å². The van der Waals surface area contributed by atoms with Gasteiger partial charge in [-0.25, -0.2) is 0 Å². The Balaban J connectivity index is 1.48. The molecular formula is C38H35NO2. The molecule has 5 aromatic rings. The van der Waals surface area contributed by atoms with Gasteiger partial charge in [-0.05, 0) is 73.2 Å². The molecule has 1 aliphatic carbocycles. The highest BCUT2D eigenvalue weighted by atomic mass is 16.3. The van der Waals surface area contributed by atoms with Crippen LogP contribution in [0.4, 0.5) is 0 Å². The second-order valence-corrected chi connectivity index (χ2v) is 11.2. The molecule has 3 heteroatoms. The smallest absolute Gasteiger partial charge is 0.178 e. The van der Waals surface area contributed by atoms with Gasteiger partial charge in [0.1, 0.15) is 5.76 Å². The van der Waals surface area contributed by atoms with Crippen molar-refractivity contribution in [2.45, 2.75) is 40.2 Å². The Bertz CT molecular complexity index is 1840. The van der Waals surface area contributed by atoms with Gasteiger partial charge in [0.05, 0.1) is 11.5 Å². The number of allylic oxidation sites excluding steroid dienone is 3. The molecule has 0 saturated carbocycles. The lowest BCUT2D eigenvalue weighted by Gasteiger charge is -2.36. The van der Waals surface area contributed by atoms with Gasteiger partial charge in [0, 0.05) is 34.6 Å². The fourth-order valence-electron chi connectivity index (χ4n) is 6.57. The molecule has 1 N–H and O–H groups in total. The molecule has 204 valence electrons. The Labute approximate surface area is 242 Å². The van der Waals surface area contributed by atoms with Crippen molar-refractivity contribution in [1.82, 2.24) is 4.57 Å². The summed E-state index contributed by atoms with van der Waals surface area (Å²) in [7, 11) is 0. The largest absolute Gasteiger partial charge is 0.511 e. The molecule has 1 aromatic heterocycles. The van der Waals surface area contributed by atoms with E-state index in [1.807, 2.05) is 50.2 Å². The molecule has 0 spiro atoms. The summed E-state index contributed by atoms with van der Waals surface area (Å²) in [5.41, 5.74) is 10.7. The van der Waals surface area contributed by atoms with E-state index in [0.29, 0.717) is 5.57 Å². The van der Waals surface area contributed by atoms with Gasteiger partial charge in [0.2, 0.25) is 0 Å². The number of hydrogen-bond acceptors (Lipinski definition) is 2. The maximum absolute atomic E-state index is 14.1. The summed E-state index contributed by atoms with van der Waals surface area (Å²) in [6, 6.07) is 33.3. The van der Waals surface area contributed by atoms with Crippen molar-refractivity contribution in [3.8, 4) is 22.3 Å². The predicted octanol–water partition coefficient (Wildman–Crippen LogP) is 9.44. The zero-order chi connectivity index (χ0) is 28.8. The molecule has 3 nitrogen and oxygen atoms in total. The molecular weight excluding hydrogens is 502 g/mol. The maximum atomic E-state index is 14.1. The average molecular weight is 538 g/mol. The summed E-state index contributed by atoms with van der Waals surface area (Å²) < 4.78 is 2.23. The van der Waals surface area contributed by atoms with Crippen LogP contribution in [-0.2, 0) is 11.3 Å². The summed E-state index contributed by atoms with van der Waals surface area (Å²) >= 11 is 0. The van der Waals surface area contributed by atoms with Gasteiger partial charge in [0.25, 0.3) is 0 Å². The zero-order valence-corrected chi connectivity index (χ0v) is 24.1. The molecule has 0 aliphatic heterocycles. The second-order valence-electron chi connectivity index (χ2n) is 11.2. The molecule has 6 rings (SSSR count). The molecule has 0 radical (unpaired) electrons. The topological polar surface area (TPSA) is 42.2 Å². The average Bonchev–Trinajstić information content (AvgIpc) is 3.26. The van der Waals surface area contributed by atoms with Crippen LogP contribution in [0.1, 0.15) is 42.1 Å². The van der Waals surface area contributed by atoms with Crippen molar-refractivity contribution in [3.63, 3.8) is 0 Å². The van der Waals surface area contributed by atoms with Crippen molar-refractivity contribution in [2.24, 2.45) is 5.92 Å². The first-order valence-corrected chi connectivity index (χ1v) is 14.3. The normalized spacial score (nSPS) is 15.7. The summed E-state index contributed by atoms with van der Waals surface area (Å²) in [6.45, 7) is 13.2. The van der Waals surface area contributed by atoms with Crippen molar-refractivity contribution >= 4 is 22.3 Å². The molecule has 0 fully saturated rings. The van der Waals surface area contributed by atoms with Crippen LogP contribution < -0.4 is 0 Å². The number of benzene rings is 4. The van der Waals surface area contributed by atoms with Crippen LogP contribution in [0.5, 0.6) is 0 Å². The minimum Gasteiger partial charge on any atom is -0.511 e. The molecule has 4 aromatic carbocycles. The molecule has 1 aliphatic rings.